The van der Waals surface area contributed by atoms with Crippen LogP contribution in [0, 0.1) is 5.92 Å². The second kappa shape index (κ2) is 10.9. The van der Waals surface area contributed by atoms with Crippen LogP contribution in [0.15, 0.2) is 0 Å². The molecule has 0 saturated carbocycles. The lowest BCUT2D eigenvalue weighted by Crippen LogP contribution is -2.62. The maximum atomic E-state index is 13.0. The van der Waals surface area contributed by atoms with E-state index in [1.165, 1.54) is 57.8 Å². The van der Waals surface area contributed by atoms with Crippen LogP contribution in [0.4, 0.5) is 0 Å². The number of unbranched alkanes of at least 4 members (excludes halogenated alkanes) is 9. The molecule has 2 aliphatic rings. The summed E-state index contributed by atoms with van der Waals surface area (Å²) in [4.78, 5) is 27.3. The summed E-state index contributed by atoms with van der Waals surface area (Å²) < 4.78 is 0. The first-order valence-corrected chi connectivity index (χ1v) is 12.3. The van der Waals surface area contributed by atoms with Crippen LogP contribution < -0.4 is 5.32 Å². The quantitative estimate of drug-likeness (QED) is 0.320. The summed E-state index contributed by atoms with van der Waals surface area (Å²) in [5.41, 5.74) is -0.108. The first-order valence-electron chi connectivity index (χ1n) is 12.3. The van der Waals surface area contributed by atoms with Crippen molar-refractivity contribution in [2.75, 3.05) is 0 Å². The number of imide groups is 1. The van der Waals surface area contributed by atoms with Gasteiger partial charge in [0.2, 0.25) is 11.8 Å². The lowest BCUT2D eigenvalue weighted by atomic mass is 9.79. The predicted molar refractivity (Wildman–Crippen MR) is 121 cm³/mol. The fraction of sp³-hybridized carbons (Fsp3) is 0.920. The van der Waals surface area contributed by atoms with Crippen molar-refractivity contribution in [1.29, 1.82) is 0 Å². The summed E-state index contributed by atoms with van der Waals surface area (Å²) in [7, 11) is 0. The summed E-state index contributed by atoms with van der Waals surface area (Å²) in [6.45, 7) is 11.0. The molecule has 0 aromatic carbocycles. The number of likely N-dealkylation sites (tertiary alicyclic amines) is 1. The molecule has 2 rings (SSSR count). The molecular formula is C25H46N2O2. The van der Waals surface area contributed by atoms with Gasteiger partial charge in [-0.2, -0.15) is 0 Å². The molecule has 0 bridgehead atoms. The Kier molecular flexibility index (Phi) is 9.18. The molecular weight excluding hydrogens is 360 g/mol. The number of nitrogens with zero attached hydrogens (tertiary/aromatic N) is 1. The average molecular weight is 407 g/mol. The molecule has 0 aromatic rings. The second-order valence-corrected chi connectivity index (χ2v) is 10.9. The molecule has 2 aliphatic heterocycles. The van der Waals surface area contributed by atoms with Crippen molar-refractivity contribution in [3.8, 4) is 0 Å². The van der Waals surface area contributed by atoms with Crippen LogP contribution in [0.1, 0.15) is 125 Å². The fourth-order valence-corrected chi connectivity index (χ4v) is 5.65. The molecule has 168 valence electrons. The number of carbonyl (C=O) groups is 2. The monoisotopic (exact) mass is 406 g/mol. The third-order valence-corrected chi connectivity index (χ3v) is 6.72. The molecule has 2 saturated heterocycles. The molecule has 1 atom stereocenters. The van der Waals surface area contributed by atoms with Crippen molar-refractivity contribution in [2.24, 2.45) is 5.92 Å². The van der Waals surface area contributed by atoms with Crippen molar-refractivity contribution < 1.29 is 9.59 Å². The first kappa shape index (κ1) is 24.4. The van der Waals surface area contributed by atoms with Crippen LogP contribution in [0.2, 0.25) is 0 Å². The number of carbonyl (C=O) groups excluding carboxylic acids is 2. The van der Waals surface area contributed by atoms with E-state index in [1.54, 1.807) is 4.90 Å². The lowest BCUT2D eigenvalue weighted by Gasteiger charge is -2.48. The van der Waals surface area contributed by atoms with Gasteiger partial charge in [-0.15, -0.1) is 0 Å². The lowest BCUT2D eigenvalue weighted by molar-refractivity contribution is -0.144. The summed E-state index contributed by atoms with van der Waals surface area (Å²) in [6, 6.07) is 0.0407. The molecule has 1 unspecified atom stereocenters. The normalized spacial score (nSPS) is 24.4. The Bertz CT molecular complexity index is 525. The van der Waals surface area contributed by atoms with Gasteiger partial charge in [0.05, 0.1) is 0 Å². The Morgan fingerprint density at radius 3 is 1.83 bits per heavy atom. The fourth-order valence-electron chi connectivity index (χ4n) is 5.65. The molecule has 29 heavy (non-hydrogen) atoms. The van der Waals surface area contributed by atoms with E-state index in [0.29, 0.717) is 6.42 Å². The van der Waals surface area contributed by atoms with Gasteiger partial charge < -0.3 is 5.32 Å². The van der Waals surface area contributed by atoms with E-state index in [-0.39, 0.29) is 34.9 Å². The third-order valence-electron chi connectivity index (χ3n) is 6.72. The smallest absolute Gasteiger partial charge is 0.233 e. The van der Waals surface area contributed by atoms with E-state index >= 15 is 0 Å². The van der Waals surface area contributed by atoms with Crippen molar-refractivity contribution in [1.82, 2.24) is 10.2 Å². The Labute approximate surface area is 179 Å². The molecule has 0 aliphatic carbocycles. The van der Waals surface area contributed by atoms with Gasteiger partial charge in [0, 0.05) is 29.5 Å². The van der Waals surface area contributed by atoms with E-state index < -0.39 is 0 Å². The third kappa shape index (κ3) is 7.70. The van der Waals surface area contributed by atoms with Gasteiger partial charge in [0.25, 0.3) is 0 Å². The van der Waals surface area contributed by atoms with E-state index in [2.05, 4.69) is 39.9 Å². The first-order chi connectivity index (χ1) is 13.7. The number of hydrogen-bond acceptors (Lipinski definition) is 3. The highest BCUT2D eigenvalue weighted by molar-refractivity contribution is 6.03. The Balaban J connectivity index is 1.70. The van der Waals surface area contributed by atoms with Crippen molar-refractivity contribution >= 4 is 11.8 Å². The number of hydrogen-bond donors (Lipinski definition) is 1. The van der Waals surface area contributed by atoms with Gasteiger partial charge >= 0.3 is 0 Å². The molecule has 2 fully saturated rings. The minimum Gasteiger partial charge on any atom is -0.307 e. The maximum absolute atomic E-state index is 13.0. The van der Waals surface area contributed by atoms with Gasteiger partial charge in [-0.05, 0) is 47.0 Å². The standard InChI is InChI=1S/C25H46N2O2/c1-6-7-8-9-10-11-12-13-14-15-16-20-17-22(28)27(23(20)29)21-18-24(2,3)26-25(4,5)19-21/h20-21,26H,6-19H2,1-5H3. The van der Waals surface area contributed by atoms with Gasteiger partial charge in [-0.3, -0.25) is 14.5 Å². The largest absolute Gasteiger partial charge is 0.307 e. The van der Waals surface area contributed by atoms with Gasteiger partial charge in [0.1, 0.15) is 0 Å². The molecule has 4 heteroatoms. The molecule has 2 heterocycles. The highest BCUT2D eigenvalue weighted by atomic mass is 16.2. The zero-order chi connectivity index (χ0) is 21.5. The Morgan fingerprint density at radius 1 is 0.828 bits per heavy atom. The molecule has 0 spiro atoms. The van der Waals surface area contributed by atoms with Crippen LogP contribution in [-0.2, 0) is 9.59 Å². The molecule has 2 amide bonds. The van der Waals surface area contributed by atoms with Crippen molar-refractivity contribution in [3.63, 3.8) is 0 Å². The molecule has 1 N–H and O–H groups in total. The van der Waals surface area contributed by atoms with E-state index in [4.69, 9.17) is 0 Å². The topological polar surface area (TPSA) is 49.4 Å². The molecule has 0 radical (unpaired) electrons. The van der Waals surface area contributed by atoms with Crippen LogP contribution >= 0.6 is 0 Å². The minimum absolute atomic E-state index is 0.0407. The summed E-state index contributed by atoms with van der Waals surface area (Å²) in [5.74, 6) is 0.0904. The predicted octanol–water partition coefficient (Wildman–Crippen LogP) is 5.98. The Morgan fingerprint density at radius 2 is 1.31 bits per heavy atom. The van der Waals surface area contributed by atoms with Crippen molar-refractivity contribution in [3.05, 3.63) is 0 Å². The SMILES string of the molecule is CCCCCCCCCCCCC1CC(=O)N(C2CC(C)(C)NC(C)(C)C2)C1=O. The van der Waals surface area contributed by atoms with E-state index in [0.717, 1.165) is 25.7 Å². The van der Waals surface area contributed by atoms with Gasteiger partial charge in [0.15, 0.2) is 0 Å². The van der Waals surface area contributed by atoms with Crippen LogP contribution in [-0.4, -0.2) is 33.8 Å². The zero-order valence-electron chi connectivity index (χ0n) is 19.8. The number of amides is 2. The average Bonchev–Trinajstić information content (AvgIpc) is 2.87. The number of piperidine rings is 1. The van der Waals surface area contributed by atoms with E-state index in [9.17, 15) is 9.59 Å². The van der Waals surface area contributed by atoms with E-state index in [1.807, 2.05) is 0 Å². The Hall–Kier alpha value is -0.900. The maximum Gasteiger partial charge on any atom is 0.233 e. The highest BCUT2D eigenvalue weighted by Crippen LogP contribution is 2.36. The number of rotatable bonds is 12. The van der Waals surface area contributed by atoms with Crippen molar-refractivity contribution in [2.45, 2.75) is 142 Å². The van der Waals surface area contributed by atoms with Crippen LogP contribution in [0.3, 0.4) is 0 Å². The summed E-state index contributed by atoms with van der Waals surface area (Å²) in [6.07, 6.45) is 16.0. The zero-order valence-corrected chi connectivity index (χ0v) is 19.8. The van der Waals surface area contributed by atoms with Gasteiger partial charge in [-0.1, -0.05) is 71.1 Å². The number of nitrogens with one attached hydrogen (secondary N) is 1. The molecule has 4 nitrogen and oxygen atoms in total. The van der Waals surface area contributed by atoms with Gasteiger partial charge in [-0.25, -0.2) is 0 Å². The summed E-state index contributed by atoms with van der Waals surface area (Å²) in [5, 5.41) is 3.65. The highest BCUT2D eigenvalue weighted by Gasteiger charge is 2.47. The molecule has 0 aromatic heterocycles. The van der Waals surface area contributed by atoms with Crippen LogP contribution in [0.25, 0.3) is 0 Å². The van der Waals surface area contributed by atoms with Crippen LogP contribution in [0.5, 0.6) is 0 Å². The summed E-state index contributed by atoms with van der Waals surface area (Å²) >= 11 is 0. The minimum atomic E-state index is -0.0716. The second-order valence-electron chi connectivity index (χ2n) is 10.9.